The van der Waals surface area contributed by atoms with Crippen molar-refractivity contribution in [3.05, 3.63) is 59.7 Å². The van der Waals surface area contributed by atoms with E-state index in [2.05, 4.69) is 4.98 Å². The van der Waals surface area contributed by atoms with Gasteiger partial charge in [0.05, 0.1) is 23.9 Å². The Bertz CT molecular complexity index is 868. The maximum atomic E-state index is 12.5. The number of fused-ring (bicyclic) bond motifs is 4. The molecule has 1 aliphatic carbocycles. The van der Waals surface area contributed by atoms with E-state index in [0.717, 1.165) is 22.2 Å². The van der Waals surface area contributed by atoms with E-state index in [0.29, 0.717) is 16.9 Å². The second-order valence-electron chi connectivity index (χ2n) is 4.79. The van der Waals surface area contributed by atoms with Crippen LogP contribution in [0.15, 0.2) is 48.5 Å². The highest BCUT2D eigenvalue weighted by atomic mass is 16.5. The highest BCUT2D eigenvalue weighted by Gasteiger charge is 2.31. The number of rotatable bonds is 1. The summed E-state index contributed by atoms with van der Waals surface area (Å²) in [5.41, 5.74) is 3.74. The largest absolute Gasteiger partial charge is 0.496 e. The maximum absolute atomic E-state index is 12.5. The van der Waals surface area contributed by atoms with Crippen LogP contribution >= 0.6 is 0 Å². The summed E-state index contributed by atoms with van der Waals surface area (Å²) in [6, 6.07) is 15.3. The molecule has 3 nitrogen and oxygen atoms in total. The molecule has 0 aliphatic heterocycles. The third-order valence-electron chi connectivity index (χ3n) is 3.70. The van der Waals surface area contributed by atoms with Crippen molar-refractivity contribution in [2.75, 3.05) is 7.11 Å². The van der Waals surface area contributed by atoms with Gasteiger partial charge < -0.3 is 4.74 Å². The fraction of sp³-hybridized carbons (Fsp3) is 0.0588. The third kappa shape index (κ3) is 1.35. The second-order valence-corrected chi connectivity index (χ2v) is 4.79. The van der Waals surface area contributed by atoms with Crippen LogP contribution in [0.25, 0.3) is 22.2 Å². The lowest BCUT2D eigenvalue weighted by atomic mass is 10.1. The number of benzene rings is 2. The zero-order valence-corrected chi connectivity index (χ0v) is 10.9. The van der Waals surface area contributed by atoms with Gasteiger partial charge in [0.2, 0.25) is 0 Å². The molecule has 0 N–H and O–H groups in total. The first-order valence-corrected chi connectivity index (χ1v) is 6.41. The molecule has 96 valence electrons. The lowest BCUT2D eigenvalue weighted by Gasteiger charge is -2.07. The van der Waals surface area contributed by atoms with Gasteiger partial charge in [-0.25, -0.2) is 4.98 Å². The van der Waals surface area contributed by atoms with Gasteiger partial charge in [-0.15, -0.1) is 0 Å². The molecule has 1 heterocycles. The SMILES string of the molecule is COc1cccc2c1-c1nc3ccccc3cc1C2=O. The zero-order valence-electron chi connectivity index (χ0n) is 10.9. The predicted molar refractivity (Wildman–Crippen MR) is 77.2 cm³/mol. The molecule has 0 atom stereocenters. The molecule has 2 aromatic carbocycles. The number of carbonyl (C=O) groups excluding carboxylic acids is 1. The van der Waals surface area contributed by atoms with E-state index < -0.39 is 0 Å². The third-order valence-corrected chi connectivity index (χ3v) is 3.70. The van der Waals surface area contributed by atoms with E-state index in [9.17, 15) is 4.79 Å². The summed E-state index contributed by atoms with van der Waals surface area (Å²) in [6.07, 6.45) is 0. The Kier molecular flexibility index (Phi) is 2.18. The fourth-order valence-corrected chi connectivity index (χ4v) is 2.76. The number of ketones is 1. The Morgan fingerprint density at radius 2 is 1.85 bits per heavy atom. The number of pyridine rings is 1. The van der Waals surface area contributed by atoms with Crippen LogP contribution in [0.1, 0.15) is 15.9 Å². The van der Waals surface area contributed by atoms with Crippen molar-refractivity contribution in [1.29, 1.82) is 0 Å². The number of hydrogen-bond acceptors (Lipinski definition) is 3. The average molecular weight is 261 g/mol. The first-order valence-electron chi connectivity index (χ1n) is 6.41. The van der Waals surface area contributed by atoms with Crippen LogP contribution in [-0.2, 0) is 0 Å². The van der Waals surface area contributed by atoms with Gasteiger partial charge >= 0.3 is 0 Å². The van der Waals surface area contributed by atoms with Crippen LogP contribution < -0.4 is 4.74 Å². The summed E-state index contributed by atoms with van der Waals surface area (Å²) in [5, 5.41) is 0.978. The Hall–Kier alpha value is -2.68. The van der Waals surface area contributed by atoms with Crippen molar-refractivity contribution in [1.82, 2.24) is 4.98 Å². The molecular weight excluding hydrogens is 250 g/mol. The van der Waals surface area contributed by atoms with Gasteiger partial charge in [-0.3, -0.25) is 4.79 Å². The van der Waals surface area contributed by atoms with Crippen molar-refractivity contribution in [3.8, 4) is 17.0 Å². The smallest absolute Gasteiger partial charge is 0.196 e. The number of ether oxygens (including phenoxy) is 1. The Balaban J connectivity index is 2.12. The summed E-state index contributed by atoms with van der Waals surface area (Å²) in [7, 11) is 1.61. The average Bonchev–Trinajstić information content (AvgIpc) is 2.78. The molecule has 3 aromatic rings. The molecule has 0 spiro atoms. The van der Waals surface area contributed by atoms with E-state index in [4.69, 9.17) is 4.74 Å². The Morgan fingerprint density at radius 1 is 1.00 bits per heavy atom. The monoisotopic (exact) mass is 261 g/mol. The molecule has 0 radical (unpaired) electrons. The topological polar surface area (TPSA) is 39.2 Å². The molecule has 1 aromatic heterocycles. The number of carbonyl (C=O) groups is 1. The van der Waals surface area contributed by atoms with Gasteiger partial charge in [0, 0.05) is 16.5 Å². The van der Waals surface area contributed by atoms with Crippen molar-refractivity contribution in [3.63, 3.8) is 0 Å². The van der Waals surface area contributed by atoms with Crippen molar-refractivity contribution < 1.29 is 9.53 Å². The van der Waals surface area contributed by atoms with E-state index in [-0.39, 0.29) is 5.78 Å². The van der Waals surface area contributed by atoms with Crippen LogP contribution in [0, 0.1) is 0 Å². The van der Waals surface area contributed by atoms with Gasteiger partial charge in [0.1, 0.15) is 5.75 Å². The molecule has 3 heteroatoms. The van der Waals surface area contributed by atoms with Crippen molar-refractivity contribution in [2.24, 2.45) is 0 Å². The summed E-state index contributed by atoms with van der Waals surface area (Å²) in [4.78, 5) is 17.2. The molecule has 0 bridgehead atoms. The minimum absolute atomic E-state index is 0.0205. The molecule has 0 amide bonds. The summed E-state index contributed by atoms with van der Waals surface area (Å²) >= 11 is 0. The van der Waals surface area contributed by atoms with Crippen LogP contribution in [0.2, 0.25) is 0 Å². The lowest BCUT2D eigenvalue weighted by Crippen LogP contribution is -1.95. The molecule has 20 heavy (non-hydrogen) atoms. The molecule has 1 aliphatic rings. The standard InChI is InChI=1S/C17H11NO2/c1-20-14-8-4-6-11-15(14)16-12(17(11)19)9-10-5-2-3-7-13(10)18-16/h2-9H,1H3. The zero-order chi connectivity index (χ0) is 13.7. The fourth-order valence-electron chi connectivity index (χ4n) is 2.76. The molecule has 0 unspecified atom stereocenters. The molecule has 0 saturated carbocycles. The predicted octanol–water partition coefficient (Wildman–Crippen LogP) is 3.45. The molecular formula is C17H11NO2. The number of nitrogens with zero attached hydrogens (tertiary/aromatic N) is 1. The minimum Gasteiger partial charge on any atom is -0.496 e. The first kappa shape index (κ1) is 11.2. The molecule has 4 rings (SSSR count). The van der Waals surface area contributed by atoms with Crippen molar-refractivity contribution >= 4 is 16.7 Å². The number of hydrogen-bond donors (Lipinski definition) is 0. The molecule has 0 fully saturated rings. The lowest BCUT2D eigenvalue weighted by molar-refractivity contribution is 0.104. The Morgan fingerprint density at radius 3 is 2.70 bits per heavy atom. The maximum Gasteiger partial charge on any atom is 0.196 e. The van der Waals surface area contributed by atoms with E-state index in [1.54, 1.807) is 7.11 Å². The second kappa shape index (κ2) is 3.90. The summed E-state index contributed by atoms with van der Waals surface area (Å²) < 4.78 is 5.38. The molecule has 0 saturated heterocycles. The van der Waals surface area contributed by atoms with Crippen LogP contribution in [0.4, 0.5) is 0 Å². The van der Waals surface area contributed by atoms with Crippen molar-refractivity contribution in [2.45, 2.75) is 0 Å². The minimum atomic E-state index is 0.0205. The van der Waals surface area contributed by atoms with Gasteiger partial charge in [0.25, 0.3) is 0 Å². The number of para-hydroxylation sites is 1. The van der Waals surface area contributed by atoms with Crippen LogP contribution in [0.5, 0.6) is 5.75 Å². The van der Waals surface area contributed by atoms with Crippen LogP contribution in [0.3, 0.4) is 0 Å². The summed E-state index contributed by atoms with van der Waals surface area (Å²) in [5.74, 6) is 0.713. The number of methoxy groups -OCH3 is 1. The first-order chi connectivity index (χ1) is 9.79. The van der Waals surface area contributed by atoms with Crippen LogP contribution in [-0.4, -0.2) is 17.9 Å². The quantitative estimate of drug-likeness (QED) is 0.526. The highest BCUT2D eigenvalue weighted by molar-refractivity contribution is 6.23. The van der Waals surface area contributed by atoms with Gasteiger partial charge in [-0.2, -0.15) is 0 Å². The highest BCUT2D eigenvalue weighted by Crippen LogP contribution is 2.42. The van der Waals surface area contributed by atoms with Gasteiger partial charge in [-0.05, 0) is 18.2 Å². The van der Waals surface area contributed by atoms with Gasteiger partial charge in [0.15, 0.2) is 5.78 Å². The normalized spacial score (nSPS) is 12.3. The Labute approximate surface area is 115 Å². The summed E-state index contributed by atoms with van der Waals surface area (Å²) in [6.45, 7) is 0. The van der Waals surface area contributed by atoms with E-state index >= 15 is 0 Å². The van der Waals surface area contributed by atoms with E-state index in [1.807, 2.05) is 48.5 Å². The van der Waals surface area contributed by atoms with E-state index in [1.165, 1.54) is 0 Å². The van der Waals surface area contributed by atoms with Gasteiger partial charge in [-0.1, -0.05) is 30.3 Å². The number of aromatic nitrogens is 1.